The highest BCUT2D eigenvalue weighted by Gasteiger charge is 2.52. The molecule has 0 bridgehead atoms. The van der Waals surface area contributed by atoms with E-state index in [0.29, 0.717) is 0 Å². The lowest BCUT2D eigenvalue weighted by Crippen LogP contribution is -2.42. The Hall–Kier alpha value is -1.23. The van der Waals surface area contributed by atoms with E-state index >= 15 is 0 Å². The summed E-state index contributed by atoms with van der Waals surface area (Å²) >= 11 is -0.636. The summed E-state index contributed by atoms with van der Waals surface area (Å²) in [6, 6.07) is 1.92. The number of fused-ring (bicyclic) bond motifs is 1. The second-order valence-electron chi connectivity index (χ2n) is 6.29. The van der Waals surface area contributed by atoms with E-state index in [2.05, 4.69) is 0 Å². The summed E-state index contributed by atoms with van der Waals surface area (Å²) in [5, 5.41) is 9.73. The van der Waals surface area contributed by atoms with Crippen molar-refractivity contribution in [1.29, 1.82) is 0 Å². The Morgan fingerprint density at radius 3 is 2.23 bits per heavy atom. The average Bonchev–Trinajstić information content (AvgIpc) is 2.64. The molecule has 1 atom stereocenters. The number of alkyl halides is 8. The van der Waals surface area contributed by atoms with Gasteiger partial charge in [0.1, 0.15) is 11.9 Å². The number of aliphatic hydroxyl groups is 1. The fraction of sp³-hybridized carbons (Fsp3) is 0.600. The topological polar surface area (TPSA) is 29.5 Å². The van der Waals surface area contributed by atoms with Gasteiger partial charge in [-0.25, -0.2) is 8.78 Å². The van der Waals surface area contributed by atoms with Crippen LogP contribution in [-0.4, -0.2) is 28.8 Å². The highest BCUT2D eigenvalue weighted by Crippen LogP contribution is 2.53. The minimum Gasteiger partial charge on any atom is -0.490 e. The number of thioether (sulfide) groups is 1. The lowest BCUT2D eigenvalue weighted by atomic mass is 9.82. The van der Waals surface area contributed by atoms with Gasteiger partial charge in [0.05, 0.1) is 12.0 Å². The summed E-state index contributed by atoms with van der Waals surface area (Å²) in [6.07, 6.45) is -9.42. The lowest BCUT2D eigenvalue weighted by Gasteiger charge is -2.36. The molecule has 0 radical (unpaired) electrons. The smallest absolute Gasteiger partial charge is 0.446 e. The standard InChI is InChI=1S/C15H12F8O2S/c16-13(17)5-8-9(25-7-3-6(4-7)14(18,19)20)1-2-10(11(8)12(13)24)26-15(21,22)23/h1-2,6-7,12,24H,3-5H2/t6-,7+,12-/m0/s1. The van der Waals surface area contributed by atoms with Crippen molar-refractivity contribution in [2.45, 2.75) is 54.0 Å². The molecule has 0 unspecified atom stereocenters. The van der Waals surface area contributed by atoms with Gasteiger partial charge in [-0.15, -0.1) is 0 Å². The second kappa shape index (κ2) is 6.15. The van der Waals surface area contributed by atoms with Crippen LogP contribution in [0.2, 0.25) is 0 Å². The maximum Gasteiger partial charge on any atom is 0.446 e. The van der Waals surface area contributed by atoms with Crippen LogP contribution in [0.15, 0.2) is 17.0 Å². The molecule has 0 saturated heterocycles. The number of ether oxygens (including phenoxy) is 1. The van der Waals surface area contributed by atoms with Crippen LogP contribution >= 0.6 is 11.8 Å². The Morgan fingerprint density at radius 2 is 1.69 bits per heavy atom. The molecule has 2 nitrogen and oxygen atoms in total. The molecule has 26 heavy (non-hydrogen) atoms. The van der Waals surface area contributed by atoms with Gasteiger partial charge in [0, 0.05) is 22.4 Å². The molecule has 0 heterocycles. The van der Waals surface area contributed by atoms with Gasteiger partial charge in [0.15, 0.2) is 0 Å². The summed E-state index contributed by atoms with van der Waals surface area (Å²) in [5.74, 6) is -5.45. The third-order valence-electron chi connectivity index (χ3n) is 4.44. The summed E-state index contributed by atoms with van der Waals surface area (Å²) in [7, 11) is 0. The monoisotopic (exact) mass is 408 g/mol. The zero-order chi connectivity index (χ0) is 19.5. The molecule has 1 N–H and O–H groups in total. The molecule has 2 aliphatic carbocycles. The van der Waals surface area contributed by atoms with Crippen molar-refractivity contribution in [3.63, 3.8) is 0 Å². The molecule has 1 fully saturated rings. The largest absolute Gasteiger partial charge is 0.490 e. The number of halogens is 8. The Balaban J connectivity index is 1.85. The third kappa shape index (κ3) is 3.73. The summed E-state index contributed by atoms with van der Waals surface area (Å²) in [6.45, 7) is 0. The minimum absolute atomic E-state index is 0.214. The Morgan fingerprint density at radius 1 is 1.08 bits per heavy atom. The first-order chi connectivity index (χ1) is 11.8. The molecule has 3 rings (SSSR count). The zero-order valence-corrected chi connectivity index (χ0v) is 13.6. The molecule has 0 aliphatic heterocycles. The van der Waals surface area contributed by atoms with Gasteiger partial charge >= 0.3 is 11.7 Å². The molecular weight excluding hydrogens is 396 g/mol. The Kier molecular flexibility index (Phi) is 4.62. The van der Waals surface area contributed by atoms with Gasteiger partial charge in [-0.3, -0.25) is 0 Å². The molecule has 0 aromatic heterocycles. The van der Waals surface area contributed by atoms with Crippen LogP contribution in [0.5, 0.6) is 5.75 Å². The second-order valence-corrected chi connectivity index (χ2v) is 7.40. The predicted octanol–water partition coefficient (Wildman–Crippen LogP) is 5.24. The molecule has 1 aromatic carbocycles. The van der Waals surface area contributed by atoms with Crippen LogP contribution in [0, 0.1) is 5.92 Å². The van der Waals surface area contributed by atoms with E-state index in [0.717, 1.165) is 12.1 Å². The molecule has 11 heteroatoms. The quantitative estimate of drug-likeness (QED) is 0.548. The van der Waals surface area contributed by atoms with E-state index < -0.39 is 64.4 Å². The van der Waals surface area contributed by atoms with Crippen LogP contribution in [-0.2, 0) is 6.42 Å². The first kappa shape index (κ1) is 19.5. The Bertz CT molecular complexity index is 694. The van der Waals surface area contributed by atoms with Crippen LogP contribution in [0.1, 0.15) is 30.1 Å². The van der Waals surface area contributed by atoms with Crippen molar-refractivity contribution in [3.05, 3.63) is 23.3 Å². The van der Waals surface area contributed by atoms with E-state index in [-0.39, 0.29) is 24.2 Å². The highest BCUT2D eigenvalue weighted by atomic mass is 32.2. The fourth-order valence-corrected chi connectivity index (χ4v) is 3.81. The SMILES string of the molecule is O[C@H]1c2c(SC(F)(F)F)ccc(O[C@H]3C[C@@H](C(F)(F)F)C3)c2CC1(F)F. The summed E-state index contributed by atoms with van der Waals surface area (Å²) < 4.78 is 108. The first-order valence-corrected chi connectivity index (χ1v) is 8.30. The summed E-state index contributed by atoms with van der Waals surface area (Å²) in [4.78, 5) is -0.577. The number of aliphatic hydroxyl groups excluding tert-OH is 1. The van der Waals surface area contributed by atoms with E-state index in [1.54, 1.807) is 0 Å². The summed E-state index contributed by atoms with van der Waals surface area (Å²) in [5.41, 5.74) is -5.63. The van der Waals surface area contributed by atoms with Gasteiger partial charge in [-0.05, 0) is 36.7 Å². The molecule has 0 spiro atoms. The molecule has 1 aromatic rings. The van der Waals surface area contributed by atoms with Crippen molar-refractivity contribution in [3.8, 4) is 5.75 Å². The van der Waals surface area contributed by atoms with Crippen LogP contribution < -0.4 is 4.74 Å². The Labute approximate surface area is 146 Å². The normalized spacial score (nSPS) is 27.8. The molecular formula is C15H12F8O2S. The maximum absolute atomic E-state index is 13.8. The number of rotatable bonds is 3. The maximum atomic E-state index is 13.8. The average molecular weight is 408 g/mol. The van der Waals surface area contributed by atoms with Crippen molar-refractivity contribution in [2.24, 2.45) is 5.92 Å². The minimum atomic E-state index is -4.75. The fourth-order valence-electron chi connectivity index (χ4n) is 3.08. The van der Waals surface area contributed by atoms with Gasteiger partial charge in [-0.2, -0.15) is 26.3 Å². The molecule has 1 saturated carbocycles. The number of hydrogen-bond acceptors (Lipinski definition) is 3. The van der Waals surface area contributed by atoms with E-state index in [9.17, 15) is 40.2 Å². The van der Waals surface area contributed by atoms with Crippen LogP contribution in [0.3, 0.4) is 0 Å². The lowest BCUT2D eigenvalue weighted by molar-refractivity contribution is -0.210. The van der Waals surface area contributed by atoms with Crippen LogP contribution in [0.4, 0.5) is 35.1 Å². The van der Waals surface area contributed by atoms with Gasteiger partial charge < -0.3 is 9.84 Å². The van der Waals surface area contributed by atoms with Crippen molar-refractivity contribution in [2.75, 3.05) is 0 Å². The zero-order valence-electron chi connectivity index (χ0n) is 12.8. The van der Waals surface area contributed by atoms with Gasteiger partial charge in [-0.1, -0.05) is 0 Å². The van der Waals surface area contributed by atoms with Crippen molar-refractivity contribution in [1.82, 2.24) is 0 Å². The molecule has 2 aliphatic rings. The van der Waals surface area contributed by atoms with Gasteiger partial charge in [0.25, 0.3) is 5.92 Å². The molecule has 146 valence electrons. The van der Waals surface area contributed by atoms with Gasteiger partial charge in [0.2, 0.25) is 0 Å². The highest BCUT2D eigenvalue weighted by molar-refractivity contribution is 8.00. The van der Waals surface area contributed by atoms with E-state index in [1.165, 1.54) is 0 Å². The van der Waals surface area contributed by atoms with Crippen molar-refractivity contribution < 1.29 is 45.0 Å². The molecule has 0 amide bonds. The van der Waals surface area contributed by atoms with Crippen LogP contribution in [0.25, 0.3) is 0 Å². The third-order valence-corrected chi connectivity index (χ3v) is 5.24. The number of hydrogen-bond donors (Lipinski definition) is 1. The van der Waals surface area contributed by atoms with Crippen molar-refractivity contribution >= 4 is 11.8 Å². The van der Waals surface area contributed by atoms with E-state index in [1.807, 2.05) is 0 Å². The predicted molar refractivity (Wildman–Crippen MR) is 75.2 cm³/mol. The number of benzene rings is 1. The van der Waals surface area contributed by atoms with E-state index in [4.69, 9.17) is 4.74 Å². The first-order valence-electron chi connectivity index (χ1n) is 7.48.